The topological polar surface area (TPSA) is 62.2 Å². The highest BCUT2D eigenvalue weighted by atomic mass is 35.5. The van der Waals surface area contributed by atoms with Crippen LogP contribution in [0, 0.1) is 13.8 Å². The third-order valence-electron chi connectivity index (χ3n) is 5.28. The Morgan fingerprint density at radius 3 is 2.76 bits per heavy atom. The summed E-state index contributed by atoms with van der Waals surface area (Å²) in [7, 11) is 0. The highest BCUT2D eigenvalue weighted by Gasteiger charge is 2.32. The van der Waals surface area contributed by atoms with E-state index < -0.39 is 0 Å². The van der Waals surface area contributed by atoms with Gasteiger partial charge in [-0.05, 0) is 31.5 Å². The van der Waals surface area contributed by atoms with Crippen molar-refractivity contribution in [1.29, 1.82) is 0 Å². The quantitative estimate of drug-likeness (QED) is 0.750. The predicted molar refractivity (Wildman–Crippen MR) is 116 cm³/mol. The van der Waals surface area contributed by atoms with E-state index in [1.165, 1.54) is 11.3 Å². The summed E-state index contributed by atoms with van der Waals surface area (Å²) in [6, 6.07) is 7.49. The first-order valence-corrected chi connectivity index (χ1v) is 10.7. The van der Waals surface area contributed by atoms with Crippen LogP contribution in [0.5, 0.6) is 0 Å². The number of ether oxygens (including phenoxy) is 1. The van der Waals surface area contributed by atoms with Crippen molar-refractivity contribution in [2.75, 3.05) is 44.3 Å². The van der Waals surface area contributed by atoms with Crippen LogP contribution in [0.15, 0.2) is 29.3 Å². The molecule has 4 rings (SSSR count). The normalized spacial score (nSPS) is 17.1. The van der Waals surface area contributed by atoms with Gasteiger partial charge in [0.15, 0.2) is 0 Å². The summed E-state index contributed by atoms with van der Waals surface area (Å²) in [5, 5.41) is 1.40. The fourth-order valence-electron chi connectivity index (χ4n) is 3.58. The fourth-order valence-corrected chi connectivity index (χ4v) is 4.95. The van der Waals surface area contributed by atoms with Gasteiger partial charge in [-0.1, -0.05) is 23.7 Å². The number of thiophene rings is 1. The summed E-state index contributed by atoms with van der Waals surface area (Å²) >= 11 is 7.73. The van der Waals surface area contributed by atoms with Gasteiger partial charge in [-0.3, -0.25) is 19.5 Å². The molecule has 8 heteroatoms. The lowest BCUT2D eigenvalue weighted by atomic mass is 10.00. The highest BCUT2D eigenvalue weighted by Crippen LogP contribution is 2.39. The number of hydrogen-bond acceptors (Lipinski definition) is 5. The minimum absolute atomic E-state index is 0.00186. The van der Waals surface area contributed by atoms with Crippen LogP contribution < -0.4 is 4.90 Å². The first-order valence-electron chi connectivity index (χ1n) is 9.52. The van der Waals surface area contributed by atoms with Gasteiger partial charge < -0.3 is 9.64 Å². The van der Waals surface area contributed by atoms with Crippen molar-refractivity contribution in [3.05, 3.63) is 50.9 Å². The van der Waals surface area contributed by atoms with Gasteiger partial charge in [0, 0.05) is 34.1 Å². The molecule has 0 unspecified atom stereocenters. The van der Waals surface area contributed by atoms with Gasteiger partial charge in [-0.2, -0.15) is 0 Å². The number of anilines is 1. The van der Waals surface area contributed by atoms with E-state index in [2.05, 4.69) is 4.99 Å². The monoisotopic (exact) mass is 431 g/mol. The second kappa shape index (κ2) is 8.26. The second-order valence-electron chi connectivity index (χ2n) is 7.11. The number of carbonyl (C=O) groups is 2. The van der Waals surface area contributed by atoms with Crippen LogP contribution in [0.2, 0.25) is 5.02 Å². The molecular weight excluding hydrogens is 410 g/mol. The van der Waals surface area contributed by atoms with Crippen molar-refractivity contribution in [2.45, 2.75) is 13.8 Å². The van der Waals surface area contributed by atoms with E-state index in [1.807, 2.05) is 38.1 Å². The van der Waals surface area contributed by atoms with Crippen molar-refractivity contribution < 1.29 is 14.3 Å². The Balaban J connectivity index is 1.73. The van der Waals surface area contributed by atoms with Crippen LogP contribution in [0.3, 0.4) is 0 Å². The standard InChI is InChI=1S/C21H22ClN3O3S/c1-13-14(2)29-21-19(13)20(15-4-3-5-16(22)10-15)23-11-17(26)25(21)12-18(27)24-6-8-28-9-7-24/h3-5,10H,6-9,11-12H2,1-2H3. The number of amides is 2. The summed E-state index contributed by atoms with van der Waals surface area (Å²) in [6.07, 6.45) is 0. The zero-order valence-electron chi connectivity index (χ0n) is 16.4. The van der Waals surface area contributed by atoms with Crippen LogP contribution in [-0.2, 0) is 14.3 Å². The molecule has 6 nitrogen and oxygen atoms in total. The molecule has 152 valence electrons. The molecule has 0 aliphatic carbocycles. The summed E-state index contributed by atoms with van der Waals surface area (Å²) in [4.78, 5) is 34.9. The molecule has 1 aromatic heterocycles. The minimum atomic E-state index is -0.175. The third kappa shape index (κ3) is 3.95. The van der Waals surface area contributed by atoms with Gasteiger partial charge >= 0.3 is 0 Å². The van der Waals surface area contributed by atoms with Gasteiger partial charge in [0.2, 0.25) is 11.8 Å². The summed E-state index contributed by atoms with van der Waals surface area (Å²) < 4.78 is 5.33. The molecule has 1 fully saturated rings. The van der Waals surface area contributed by atoms with E-state index in [0.29, 0.717) is 31.3 Å². The van der Waals surface area contributed by atoms with Gasteiger partial charge in [-0.25, -0.2) is 0 Å². The average Bonchev–Trinajstić information content (AvgIpc) is 2.93. The smallest absolute Gasteiger partial charge is 0.249 e. The number of fused-ring (bicyclic) bond motifs is 1. The summed E-state index contributed by atoms with van der Waals surface area (Å²) in [5.74, 6) is -0.242. The number of benzene rings is 1. The minimum Gasteiger partial charge on any atom is -0.378 e. The molecule has 2 aromatic rings. The Kier molecular flexibility index (Phi) is 5.72. The molecule has 29 heavy (non-hydrogen) atoms. The molecule has 2 aliphatic rings. The largest absolute Gasteiger partial charge is 0.378 e. The number of rotatable bonds is 3. The zero-order valence-corrected chi connectivity index (χ0v) is 18.0. The van der Waals surface area contributed by atoms with E-state index in [4.69, 9.17) is 16.3 Å². The first-order chi connectivity index (χ1) is 14.0. The molecular formula is C21H22ClN3O3S. The number of nitrogens with zero attached hydrogens (tertiary/aromatic N) is 3. The maximum absolute atomic E-state index is 13.0. The molecule has 2 amide bonds. The Hall–Kier alpha value is -2.22. The fraction of sp³-hybridized carbons (Fsp3) is 0.381. The maximum atomic E-state index is 13.0. The van der Waals surface area contributed by atoms with Crippen LogP contribution in [0.25, 0.3) is 0 Å². The molecule has 2 aliphatic heterocycles. The van der Waals surface area contributed by atoms with E-state index in [9.17, 15) is 9.59 Å². The van der Waals surface area contributed by atoms with Gasteiger partial charge in [-0.15, -0.1) is 11.3 Å². The molecule has 0 saturated carbocycles. The highest BCUT2D eigenvalue weighted by molar-refractivity contribution is 7.17. The molecule has 0 bridgehead atoms. The third-order valence-corrected chi connectivity index (χ3v) is 6.74. The first kappa shape index (κ1) is 20.1. The van der Waals surface area contributed by atoms with Crippen LogP contribution >= 0.6 is 22.9 Å². The number of morpholine rings is 1. The average molecular weight is 432 g/mol. The van der Waals surface area contributed by atoms with Crippen LogP contribution in [-0.4, -0.2) is 61.8 Å². The maximum Gasteiger partial charge on any atom is 0.249 e. The van der Waals surface area contributed by atoms with Gasteiger partial charge in [0.05, 0.1) is 18.9 Å². The molecule has 0 N–H and O–H groups in total. The molecule has 1 saturated heterocycles. The van der Waals surface area contributed by atoms with E-state index >= 15 is 0 Å². The lowest BCUT2D eigenvalue weighted by Crippen LogP contribution is -2.47. The molecule has 0 spiro atoms. The number of aryl methyl sites for hydroxylation is 1. The molecule has 0 atom stereocenters. The Morgan fingerprint density at radius 1 is 1.28 bits per heavy atom. The van der Waals surface area contributed by atoms with Crippen LogP contribution in [0.4, 0.5) is 5.00 Å². The van der Waals surface area contributed by atoms with Crippen molar-refractivity contribution >= 4 is 45.5 Å². The summed E-state index contributed by atoms with van der Waals surface area (Å²) in [6.45, 7) is 6.25. The number of halogens is 1. The lowest BCUT2D eigenvalue weighted by molar-refractivity contribution is -0.134. The van der Waals surface area contributed by atoms with Crippen LogP contribution in [0.1, 0.15) is 21.6 Å². The number of hydrogen-bond donors (Lipinski definition) is 0. The number of carbonyl (C=O) groups excluding carboxylic acids is 2. The SMILES string of the molecule is Cc1sc2c(c1C)C(c1cccc(Cl)c1)=NCC(=O)N2CC(=O)N1CCOCC1. The van der Waals surface area contributed by atoms with Crippen molar-refractivity contribution in [3.8, 4) is 0 Å². The summed E-state index contributed by atoms with van der Waals surface area (Å²) in [5.41, 5.74) is 3.60. The van der Waals surface area contributed by atoms with Gasteiger partial charge in [0.25, 0.3) is 0 Å². The van der Waals surface area contributed by atoms with Gasteiger partial charge in [0.1, 0.15) is 18.1 Å². The van der Waals surface area contributed by atoms with Crippen molar-refractivity contribution in [1.82, 2.24) is 4.90 Å². The van der Waals surface area contributed by atoms with E-state index in [-0.39, 0.29) is 24.9 Å². The predicted octanol–water partition coefficient (Wildman–Crippen LogP) is 3.06. The molecule has 3 heterocycles. The van der Waals surface area contributed by atoms with Crippen molar-refractivity contribution in [2.24, 2.45) is 4.99 Å². The Morgan fingerprint density at radius 2 is 2.03 bits per heavy atom. The van der Waals surface area contributed by atoms with E-state index in [1.54, 1.807) is 9.80 Å². The zero-order chi connectivity index (χ0) is 20.5. The molecule has 0 radical (unpaired) electrons. The molecule has 1 aromatic carbocycles. The Labute approximate surface area is 178 Å². The number of aliphatic imine (C=N–C) groups is 1. The Bertz CT molecular complexity index is 995. The van der Waals surface area contributed by atoms with E-state index in [0.717, 1.165) is 32.3 Å². The second-order valence-corrected chi connectivity index (χ2v) is 8.75. The van der Waals surface area contributed by atoms with Crippen molar-refractivity contribution in [3.63, 3.8) is 0 Å². The lowest BCUT2D eigenvalue weighted by Gasteiger charge is -2.29.